The van der Waals surface area contributed by atoms with Gasteiger partial charge in [-0.2, -0.15) is 0 Å². The molecule has 5 nitrogen and oxygen atoms in total. The molecule has 0 fully saturated rings. The summed E-state index contributed by atoms with van der Waals surface area (Å²) in [6.07, 6.45) is 0. The van der Waals surface area contributed by atoms with Crippen molar-refractivity contribution in [3.05, 3.63) is 62.3 Å². The van der Waals surface area contributed by atoms with E-state index < -0.39 is 0 Å². The van der Waals surface area contributed by atoms with Gasteiger partial charge in [0.2, 0.25) is 0 Å². The molecule has 0 unspecified atom stereocenters. The Morgan fingerprint density at radius 1 is 1.23 bits per heavy atom. The van der Waals surface area contributed by atoms with Gasteiger partial charge >= 0.3 is 0 Å². The smallest absolute Gasteiger partial charge is 0.277 e. The van der Waals surface area contributed by atoms with Crippen molar-refractivity contribution in [1.82, 2.24) is 15.0 Å². The van der Waals surface area contributed by atoms with Crippen LogP contribution in [0.1, 0.15) is 0 Å². The summed E-state index contributed by atoms with van der Waals surface area (Å²) in [6, 6.07) is 12.4. The number of benzene rings is 2. The minimum absolute atomic E-state index is 0.177. The molecule has 0 aliphatic carbocycles. The third-order valence-electron chi connectivity index (χ3n) is 3.08. The van der Waals surface area contributed by atoms with E-state index in [0.717, 1.165) is 4.47 Å². The van der Waals surface area contributed by atoms with Crippen molar-refractivity contribution in [2.75, 3.05) is 6.61 Å². The van der Waals surface area contributed by atoms with E-state index in [1.54, 1.807) is 36.4 Å². The van der Waals surface area contributed by atoms with Crippen LogP contribution >= 0.6 is 27.5 Å². The van der Waals surface area contributed by atoms with Crippen LogP contribution in [0.25, 0.3) is 10.9 Å². The molecule has 22 heavy (non-hydrogen) atoms. The molecule has 1 heterocycles. The summed E-state index contributed by atoms with van der Waals surface area (Å²) in [4.78, 5) is 12.3. The van der Waals surface area contributed by atoms with Gasteiger partial charge < -0.3 is 4.74 Å². The fourth-order valence-corrected chi connectivity index (χ4v) is 2.80. The van der Waals surface area contributed by atoms with Gasteiger partial charge in [0.1, 0.15) is 17.9 Å². The highest BCUT2D eigenvalue weighted by Gasteiger charge is 2.06. The number of nitrogens with zero attached hydrogens (tertiary/aromatic N) is 3. The monoisotopic (exact) mass is 379 g/mol. The van der Waals surface area contributed by atoms with Gasteiger partial charge in [0.05, 0.1) is 16.4 Å². The predicted octanol–water partition coefficient (Wildman–Crippen LogP) is 3.29. The first-order valence-electron chi connectivity index (χ1n) is 6.55. The first kappa shape index (κ1) is 15.0. The normalized spacial score (nSPS) is 10.8. The van der Waals surface area contributed by atoms with Gasteiger partial charge in [0.15, 0.2) is 0 Å². The highest BCUT2D eigenvalue weighted by Crippen LogP contribution is 2.27. The number of hydrogen-bond donors (Lipinski definition) is 0. The van der Waals surface area contributed by atoms with Gasteiger partial charge in [-0.05, 0) is 46.3 Å². The summed E-state index contributed by atoms with van der Waals surface area (Å²) in [5.41, 5.74) is 0.412. The molecular formula is C15H11BrClN3O2. The molecule has 0 atom stereocenters. The van der Waals surface area contributed by atoms with Crippen LogP contribution in [-0.2, 0) is 6.54 Å². The van der Waals surface area contributed by atoms with Crippen molar-refractivity contribution in [3.63, 3.8) is 0 Å². The molecule has 1 aromatic heterocycles. The lowest BCUT2D eigenvalue weighted by atomic mass is 10.2. The quantitative estimate of drug-likeness (QED) is 0.697. The number of hydrogen-bond acceptors (Lipinski definition) is 4. The molecular weight excluding hydrogens is 370 g/mol. The third kappa shape index (κ3) is 3.13. The van der Waals surface area contributed by atoms with Crippen molar-refractivity contribution >= 4 is 38.4 Å². The zero-order valence-electron chi connectivity index (χ0n) is 11.4. The van der Waals surface area contributed by atoms with E-state index in [9.17, 15) is 4.79 Å². The Hall–Kier alpha value is -1.92. The van der Waals surface area contributed by atoms with Crippen molar-refractivity contribution in [3.8, 4) is 5.75 Å². The standard InChI is InChI=1S/C15H11BrClN3O2/c16-12-9-10(17)5-6-14(12)22-8-7-20-15(21)11-3-1-2-4-13(11)18-19-20/h1-6,9H,7-8H2. The molecule has 0 N–H and O–H groups in total. The Bertz CT molecular complexity index is 882. The second kappa shape index (κ2) is 6.46. The first-order valence-corrected chi connectivity index (χ1v) is 7.72. The van der Waals surface area contributed by atoms with Crippen LogP contribution in [0.4, 0.5) is 0 Å². The lowest BCUT2D eigenvalue weighted by Gasteiger charge is -2.09. The Balaban J connectivity index is 1.74. The van der Waals surface area contributed by atoms with E-state index in [2.05, 4.69) is 26.2 Å². The summed E-state index contributed by atoms with van der Waals surface area (Å²) >= 11 is 9.25. The molecule has 0 amide bonds. The van der Waals surface area contributed by atoms with Crippen molar-refractivity contribution in [2.45, 2.75) is 6.54 Å². The minimum Gasteiger partial charge on any atom is -0.490 e. The summed E-state index contributed by atoms with van der Waals surface area (Å²) in [7, 11) is 0. The van der Waals surface area contributed by atoms with Crippen molar-refractivity contribution in [1.29, 1.82) is 0 Å². The van der Waals surface area contributed by atoms with Gasteiger partial charge in [0, 0.05) is 5.02 Å². The average molecular weight is 381 g/mol. The molecule has 0 aliphatic rings. The summed E-state index contributed by atoms with van der Waals surface area (Å²) in [5.74, 6) is 0.659. The number of ether oxygens (including phenoxy) is 1. The van der Waals surface area contributed by atoms with Crippen LogP contribution in [0.15, 0.2) is 51.7 Å². The summed E-state index contributed by atoms with van der Waals surface area (Å²) in [5, 5.41) is 9.11. The van der Waals surface area contributed by atoms with Gasteiger partial charge in [-0.3, -0.25) is 4.79 Å². The Labute approximate surface area is 139 Å². The minimum atomic E-state index is -0.177. The third-order valence-corrected chi connectivity index (χ3v) is 3.94. The SMILES string of the molecule is O=c1c2ccccc2nnn1CCOc1ccc(Cl)cc1Br. The van der Waals surface area contributed by atoms with Crippen LogP contribution in [0.2, 0.25) is 5.02 Å². The molecule has 3 aromatic rings. The van der Waals surface area contributed by atoms with Crippen molar-refractivity contribution in [2.24, 2.45) is 0 Å². The second-order valence-corrected chi connectivity index (χ2v) is 5.85. The number of fused-ring (bicyclic) bond motifs is 1. The molecule has 0 aliphatic heterocycles. The number of rotatable bonds is 4. The van der Waals surface area contributed by atoms with E-state index in [4.69, 9.17) is 16.3 Å². The van der Waals surface area contributed by atoms with Crippen molar-refractivity contribution < 1.29 is 4.74 Å². The largest absolute Gasteiger partial charge is 0.490 e. The van der Waals surface area contributed by atoms with E-state index in [-0.39, 0.29) is 5.56 Å². The highest BCUT2D eigenvalue weighted by molar-refractivity contribution is 9.10. The van der Waals surface area contributed by atoms with Crippen LogP contribution in [-0.4, -0.2) is 21.6 Å². The molecule has 0 saturated carbocycles. The number of aromatic nitrogens is 3. The predicted molar refractivity (Wildman–Crippen MR) is 88.4 cm³/mol. The highest BCUT2D eigenvalue weighted by atomic mass is 79.9. The lowest BCUT2D eigenvalue weighted by Crippen LogP contribution is -2.26. The zero-order valence-corrected chi connectivity index (χ0v) is 13.7. The Morgan fingerprint density at radius 2 is 2.05 bits per heavy atom. The molecule has 2 aromatic carbocycles. The van der Waals surface area contributed by atoms with Crippen LogP contribution in [0, 0.1) is 0 Å². The van der Waals surface area contributed by atoms with E-state index in [1.165, 1.54) is 4.68 Å². The van der Waals surface area contributed by atoms with E-state index in [0.29, 0.717) is 34.8 Å². The Morgan fingerprint density at radius 3 is 2.86 bits per heavy atom. The van der Waals surface area contributed by atoms with Crippen LogP contribution in [0.3, 0.4) is 0 Å². The van der Waals surface area contributed by atoms with Gasteiger partial charge in [-0.15, -0.1) is 5.10 Å². The molecule has 7 heteroatoms. The van der Waals surface area contributed by atoms with Gasteiger partial charge in [-0.25, -0.2) is 4.68 Å². The van der Waals surface area contributed by atoms with Crippen LogP contribution in [0.5, 0.6) is 5.75 Å². The maximum Gasteiger partial charge on any atom is 0.277 e. The number of halogens is 2. The molecule has 0 saturated heterocycles. The van der Waals surface area contributed by atoms with E-state index >= 15 is 0 Å². The lowest BCUT2D eigenvalue weighted by molar-refractivity contribution is 0.284. The fourth-order valence-electron chi connectivity index (χ4n) is 2.00. The maximum absolute atomic E-state index is 12.3. The molecule has 0 bridgehead atoms. The van der Waals surface area contributed by atoms with Gasteiger partial charge in [-0.1, -0.05) is 28.9 Å². The average Bonchev–Trinajstić information content (AvgIpc) is 2.52. The second-order valence-electron chi connectivity index (χ2n) is 4.56. The first-order chi connectivity index (χ1) is 10.6. The molecule has 3 rings (SSSR count). The summed E-state index contributed by atoms with van der Waals surface area (Å²) in [6.45, 7) is 0.610. The van der Waals surface area contributed by atoms with E-state index in [1.807, 2.05) is 6.07 Å². The zero-order chi connectivity index (χ0) is 15.5. The molecule has 0 spiro atoms. The maximum atomic E-state index is 12.3. The van der Waals surface area contributed by atoms with Gasteiger partial charge in [0.25, 0.3) is 5.56 Å². The Kier molecular flexibility index (Phi) is 4.40. The molecule has 0 radical (unpaired) electrons. The topological polar surface area (TPSA) is 57.0 Å². The summed E-state index contributed by atoms with van der Waals surface area (Å²) < 4.78 is 7.69. The fraction of sp³-hybridized carbons (Fsp3) is 0.133. The van der Waals surface area contributed by atoms with Crippen LogP contribution < -0.4 is 10.3 Å². The molecule has 112 valence electrons.